The second kappa shape index (κ2) is 6.75. The van der Waals surface area contributed by atoms with Gasteiger partial charge in [-0.25, -0.2) is 9.36 Å². The standard InChI is InChI=1S/C20H19Cl2N3O2/c1-11-19(26)25(20(27)23-11)18-6-4-3-5-13(18)15-9-24(2)10-16-14(15)7-12(21)8-17(16)22/h3-8,15,26H,9-10H2,1-2H3,(H,23,27). The Kier molecular flexibility index (Phi) is 4.54. The number of aromatic hydroxyl groups is 1. The van der Waals surface area contributed by atoms with Crippen molar-refractivity contribution < 1.29 is 5.11 Å². The smallest absolute Gasteiger partial charge is 0.333 e. The van der Waals surface area contributed by atoms with Gasteiger partial charge in [0.2, 0.25) is 5.88 Å². The van der Waals surface area contributed by atoms with Crippen LogP contribution >= 0.6 is 23.2 Å². The number of benzene rings is 2. The Morgan fingerprint density at radius 1 is 1.19 bits per heavy atom. The molecular formula is C20H19Cl2N3O2. The van der Waals surface area contributed by atoms with Crippen molar-refractivity contribution in [1.29, 1.82) is 0 Å². The van der Waals surface area contributed by atoms with Crippen LogP contribution in [-0.2, 0) is 6.54 Å². The summed E-state index contributed by atoms with van der Waals surface area (Å²) in [5.41, 5.74) is 3.73. The monoisotopic (exact) mass is 403 g/mol. The number of rotatable bonds is 2. The Labute approximate surface area is 166 Å². The topological polar surface area (TPSA) is 61.3 Å². The summed E-state index contributed by atoms with van der Waals surface area (Å²) in [5.74, 6) is -0.117. The summed E-state index contributed by atoms with van der Waals surface area (Å²) in [5, 5.41) is 11.6. The van der Waals surface area contributed by atoms with Gasteiger partial charge in [0.1, 0.15) is 0 Å². The van der Waals surface area contributed by atoms with Crippen LogP contribution in [0.2, 0.25) is 10.0 Å². The average molecular weight is 404 g/mol. The van der Waals surface area contributed by atoms with Gasteiger partial charge >= 0.3 is 5.69 Å². The molecule has 2 heterocycles. The number of hydrogen-bond acceptors (Lipinski definition) is 3. The van der Waals surface area contributed by atoms with Crippen molar-refractivity contribution in [3.8, 4) is 11.6 Å². The van der Waals surface area contributed by atoms with Gasteiger partial charge in [0.15, 0.2) is 0 Å². The Bertz CT molecular complexity index is 1090. The molecule has 2 aromatic carbocycles. The molecule has 1 unspecified atom stereocenters. The van der Waals surface area contributed by atoms with E-state index in [1.54, 1.807) is 13.0 Å². The van der Waals surface area contributed by atoms with Gasteiger partial charge in [-0.3, -0.25) is 0 Å². The Balaban J connectivity index is 1.96. The lowest BCUT2D eigenvalue weighted by molar-refractivity contribution is 0.295. The summed E-state index contributed by atoms with van der Waals surface area (Å²) in [6.07, 6.45) is 0. The number of imidazole rings is 1. The summed E-state index contributed by atoms with van der Waals surface area (Å²) in [4.78, 5) is 17.3. The predicted octanol–water partition coefficient (Wildman–Crippen LogP) is 4.06. The third kappa shape index (κ3) is 3.06. The zero-order valence-corrected chi connectivity index (χ0v) is 16.5. The van der Waals surface area contributed by atoms with Crippen LogP contribution in [0.4, 0.5) is 0 Å². The zero-order valence-electron chi connectivity index (χ0n) is 15.0. The fourth-order valence-corrected chi connectivity index (χ4v) is 4.43. The molecule has 0 saturated carbocycles. The van der Waals surface area contributed by atoms with Gasteiger partial charge in [-0.15, -0.1) is 0 Å². The van der Waals surface area contributed by atoms with Gasteiger partial charge in [0, 0.05) is 29.1 Å². The first-order chi connectivity index (χ1) is 12.9. The number of halogens is 2. The van der Waals surface area contributed by atoms with E-state index in [2.05, 4.69) is 9.88 Å². The second-order valence-electron chi connectivity index (χ2n) is 6.98. The maximum absolute atomic E-state index is 12.4. The van der Waals surface area contributed by atoms with Crippen LogP contribution < -0.4 is 5.69 Å². The number of likely N-dealkylation sites (N-methyl/N-ethyl adjacent to an activating group) is 1. The van der Waals surface area contributed by atoms with Crippen molar-refractivity contribution in [2.24, 2.45) is 0 Å². The number of fused-ring (bicyclic) bond motifs is 1. The maximum Gasteiger partial charge on any atom is 0.333 e. The molecule has 0 spiro atoms. The quantitative estimate of drug-likeness (QED) is 0.677. The van der Waals surface area contributed by atoms with Gasteiger partial charge in [0.05, 0.1) is 11.4 Å². The van der Waals surface area contributed by atoms with Crippen molar-refractivity contribution in [2.75, 3.05) is 13.6 Å². The van der Waals surface area contributed by atoms with Crippen molar-refractivity contribution in [1.82, 2.24) is 14.5 Å². The molecule has 0 bridgehead atoms. The van der Waals surface area contributed by atoms with Gasteiger partial charge in [-0.05, 0) is 48.9 Å². The number of nitrogens with one attached hydrogen (secondary N) is 1. The van der Waals surface area contributed by atoms with Crippen LogP contribution in [0.25, 0.3) is 5.69 Å². The molecule has 0 amide bonds. The number of aromatic nitrogens is 2. The summed E-state index contributed by atoms with van der Waals surface area (Å²) >= 11 is 12.7. The van der Waals surface area contributed by atoms with Crippen LogP contribution in [0, 0.1) is 6.92 Å². The first-order valence-electron chi connectivity index (χ1n) is 8.63. The second-order valence-corrected chi connectivity index (χ2v) is 7.82. The lowest BCUT2D eigenvalue weighted by Gasteiger charge is -2.34. The summed E-state index contributed by atoms with van der Waals surface area (Å²) in [7, 11) is 2.04. The van der Waals surface area contributed by atoms with Crippen LogP contribution in [0.5, 0.6) is 5.88 Å². The summed E-state index contributed by atoms with van der Waals surface area (Å²) in [6, 6.07) is 11.3. The van der Waals surface area contributed by atoms with Crippen molar-refractivity contribution >= 4 is 23.2 Å². The molecule has 1 aliphatic rings. The molecular weight excluding hydrogens is 385 g/mol. The molecule has 7 heteroatoms. The predicted molar refractivity (Wildman–Crippen MR) is 107 cm³/mol. The Morgan fingerprint density at radius 3 is 2.63 bits per heavy atom. The third-order valence-electron chi connectivity index (χ3n) is 5.09. The molecule has 27 heavy (non-hydrogen) atoms. The van der Waals surface area contributed by atoms with Crippen molar-refractivity contribution in [3.05, 3.63) is 79.3 Å². The molecule has 0 saturated heterocycles. The molecule has 3 aromatic rings. The summed E-state index contributed by atoms with van der Waals surface area (Å²) < 4.78 is 1.31. The number of aryl methyl sites for hydroxylation is 1. The summed E-state index contributed by atoms with van der Waals surface area (Å²) in [6.45, 7) is 3.15. The molecule has 0 aliphatic carbocycles. The van der Waals surface area contributed by atoms with Gasteiger partial charge in [-0.1, -0.05) is 41.4 Å². The number of para-hydroxylation sites is 1. The van der Waals surface area contributed by atoms with E-state index in [4.69, 9.17) is 23.2 Å². The van der Waals surface area contributed by atoms with Gasteiger partial charge < -0.3 is 15.0 Å². The fraction of sp³-hybridized carbons (Fsp3) is 0.250. The average Bonchev–Trinajstić information content (AvgIpc) is 2.87. The minimum absolute atomic E-state index is 0.0346. The maximum atomic E-state index is 12.4. The number of nitrogens with zero attached hydrogens (tertiary/aromatic N) is 2. The largest absolute Gasteiger partial charge is 0.493 e. The molecule has 1 aliphatic heterocycles. The first-order valence-corrected chi connectivity index (χ1v) is 9.38. The minimum atomic E-state index is -0.369. The Hall–Kier alpha value is -2.21. The molecule has 140 valence electrons. The molecule has 1 atom stereocenters. The van der Waals surface area contributed by atoms with E-state index in [9.17, 15) is 9.90 Å². The van der Waals surface area contributed by atoms with E-state index in [1.807, 2.05) is 37.4 Å². The van der Waals surface area contributed by atoms with E-state index in [0.717, 1.165) is 29.8 Å². The number of H-pyrrole nitrogens is 1. The van der Waals surface area contributed by atoms with Crippen molar-refractivity contribution in [2.45, 2.75) is 19.4 Å². The van der Waals surface area contributed by atoms with Crippen LogP contribution in [0.3, 0.4) is 0 Å². The van der Waals surface area contributed by atoms with E-state index in [0.29, 0.717) is 21.4 Å². The lowest BCUT2D eigenvalue weighted by Crippen LogP contribution is -2.32. The van der Waals surface area contributed by atoms with Crippen LogP contribution in [0.15, 0.2) is 41.2 Å². The van der Waals surface area contributed by atoms with Crippen molar-refractivity contribution in [3.63, 3.8) is 0 Å². The minimum Gasteiger partial charge on any atom is -0.493 e. The zero-order chi connectivity index (χ0) is 19.3. The highest BCUT2D eigenvalue weighted by molar-refractivity contribution is 6.35. The molecule has 2 N–H and O–H groups in total. The molecule has 0 radical (unpaired) electrons. The highest BCUT2D eigenvalue weighted by atomic mass is 35.5. The van der Waals surface area contributed by atoms with E-state index >= 15 is 0 Å². The highest BCUT2D eigenvalue weighted by Gasteiger charge is 2.29. The SMILES string of the molecule is Cc1[nH]c(=O)n(-c2ccccc2C2CN(C)Cc3c(Cl)cc(Cl)cc32)c1O. The third-order valence-corrected chi connectivity index (χ3v) is 5.65. The highest BCUT2D eigenvalue weighted by Crippen LogP contribution is 2.40. The fourth-order valence-electron chi connectivity index (χ4n) is 3.86. The molecule has 5 nitrogen and oxygen atoms in total. The van der Waals surface area contributed by atoms with E-state index < -0.39 is 0 Å². The number of aromatic amines is 1. The first kappa shape index (κ1) is 18.2. The Morgan fingerprint density at radius 2 is 1.93 bits per heavy atom. The van der Waals surface area contributed by atoms with Gasteiger partial charge in [0.25, 0.3) is 0 Å². The molecule has 0 fully saturated rings. The molecule has 1 aromatic heterocycles. The van der Waals surface area contributed by atoms with Crippen LogP contribution in [0.1, 0.15) is 28.3 Å². The lowest BCUT2D eigenvalue weighted by atomic mass is 9.84. The molecule has 4 rings (SSSR count). The van der Waals surface area contributed by atoms with Gasteiger partial charge in [-0.2, -0.15) is 0 Å². The number of hydrogen-bond donors (Lipinski definition) is 2. The normalized spacial score (nSPS) is 17.1. The van der Waals surface area contributed by atoms with Crippen LogP contribution in [-0.4, -0.2) is 33.1 Å². The van der Waals surface area contributed by atoms with E-state index in [1.165, 1.54) is 4.57 Å². The van der Waals surface area contributed by atoms with E-state index in [-0.39, 0.29) is 17.5 Å².